The Morgan fingerprint density at radius 1 is 1.32 bits per heavy atom. The monoisotopic (exact) mass is 358 g/mol. The van der Waals surface area contributed by atoms with Crippen molar-refractivity contribution in [2.24, 2.45) is 0 Å². The molecule has 0 saturated carbocycles. The van der Waals surface area contributed by atoms with Crippen LogP contribution in [0.15, 0.2) is 42.5 Å². The number of nitrogens with zero attached hydrogens (tertiary/aromatic N) is 1. The Balaban J connectivity index is 1.68. The molecule has 7 heteroatoms. The number of para-hydroxylation sites is 1. The van der Waals surface area contributed by atoms with Crippen LogP contribution in [0.1, 0.15) is 21.6 Å². The normalized spacial score (nSPS) is 10.9. The third kappa shape index (κ3) is 3.61. The standard InChI is InChI=1S/C18H17ClN3O3/c1-11-13(14-4-2-3-5-16(14)21-11)8-9-20-18(23)12-6-7-15(19)17(10-12)22(24)25/h2-7,10,21,24H,8-9H2,1H3,(H,20,23)/q-1. The van der Waals surface area contributed by atoms with Crippen molar-refractivity contribution in [1.82, 2.24) is 10.3 Å². The average molecular weight is 359 g/mol. The highest BCUT2D eigenvalue weighted by atomic mass is 35.5. The van der Waals surface area contributed by atoms with Crippen molar-refractivity contribution >= 4 is 34.1 Å². The fraction of sp³-hybridized carbons (Fsp3) is 0.167. The third-order valence-corrected chi connectivity index (χ3v) is 4.42. The Kier molecular flexibility index (Phi) is 4.94. The van der Waals surface area contributed by atoms with E-state index in [9.17, 15) is 10.0 Å². The number of rotatable bonds is 5. The van der Waals surface area contributed by atoms with Gasteiger partial charge in [0, 0.05) is 28.7 Å². The second kappa shape index (κ2) is 7.14. The van der Waals surface area contributed by atoms with Gasteiger partial charge in [-0.05, 0) is 43.2 Å². The molecule has 1 amide bonds. The maximum atomic E-state index is 12.2. The van der Waals surface area contributed by atoms with Gasteiger partial charge in [-0.3, -0.25) is 10.0 Å². The summed E-state index contributed by atoms with van der Waals surface area (Å²) >= 11 is 5.80. The fourth-order valence-electron chi connectivity index (χ4n) is 2.86. The number of fused-ring (bicyclic) bond motifs is 1. The minimum atomic E-state index is -0.353. The Morgan fingerprint density at radius 2 is 2.08 bits per heavy atom. The number of aromatic nitrogens is 1. The quantitative estimate of drug-likeness (QED) is 0.605. The summed E-state index contributed by atoms with van der Waals surface area (Å²) in [6.45, 7) is 2.45. The van der Waals surface area contributed by atoms with Gasteiger partial charge in [0.25, 0.3) is 5.91 Å². The lowest BCUT2D eigenvalue weighted by Gasteiger charge is -2.23. The van der Waals surface area contributed by atoms with Crippen LogP contribution in [-0.4, -0.2) is 22.6 Å². The van der Waals surface area contributed by atoms with E-state index in [2.05, 4.69) is 10.3 Å². The molecule has 3 aromatic rings. The number of carbonyl (C=O) groups is 1. The van der Waals surface area contributed by atoms with E-state index in [-0.39, 0.29) is 27.4 Å². The molecule has 0 saturated heterocycles. The molecule has 6 nitrogen and oxygen atoms in total. The number of H-pyrrole nitrogens is 1. The zero-order chi connectivity index (χ0) is 18.0. The number of hydrogen-bond donors (Lipinski definition) is 3. The first kappa shape index (κ1) is 17.3. The molecule has 3 N–H and O–H groups in total. The molecule has 1 aromatic heterocycles. The molecule has 0 atom stereocenters. The molecular formula is C18H17ClN3O3-. The Bertz CT molecular complexity index is 921. The van der Waals surface area contributed by atoms with E-state index in [1.165, 1.54) is 18.2 Å². The Morgan fingerprint density at radius 3 is 2.84 bits per heavy atom. The van der Waals surface area contributed by atoms with E-state index in [0.29, 0.717) is 13.0 Å². The molecular weight excluding hydrogens is 342 g/mol. The first-order valence-corrected chi connectivity index (χ1v) is 8.15. The van der Waals surface area contributed by atoms with Crippen LogP contribution in [0.4, 0.5) is 5.69 Å². The molecule has 0 spiro atoms. The number of benzene rings is 2. The van der Waals surface area contributed by atoms with E-state index < -0.39 is 0 Å². The van der Waals surface area contributed by atoms with Gasteiger partial charge in [-0.2, -0.15) is 0 Å². The summed E-state index contributed by atoms with van der Waals surface area (Å²) in [6, 6.07) is 12.2. The average Bonchev–Trinajstić information content (AvgIpc) is 2.90. The van der Waals surface area contributed by atoms with E-state index in [4.69, 9.17) is 16.8 Å². The van der Waals surface area contributed by atoms with Crippen LogP contribution in [0.25, 0.3) is 10.9 Å². The van der Waals surface area contributed by atoms with Gasteiger partial charge >= 0.3 is 0 Å². The number of carbonyl (C=O) groups excluding carboxylic acids is 1. The summed E-state index contributed by atoms with van der Waals surface area (Å²) in [5, 5.41) is 23.7. The van der Waals surface area contributed by atoms with Gasteiger partial charge in [0.2, 0.25) is 0 Å². The van der Waals surface area contributed by atoms with Crippen LogP contribution in [-0.2, 0) is 6.42 Å². The van der Waals surface area contributed by atoms with Gasteiger partial charge in [0.05, 0.1) is 10.7 Å². The summed E-state index contributed by atoms with van der Waals surface area (Å²) in [5.74, 6) is -0.336. The summed E-state index contributed by atoms with van der Waals surface area (Å²) in [7, 11) is 0. The molecule has 0 unspecified atom stereocenters. The van der Waals surface area contributed by atoms with Crippen molar-refractivity contribution in [1.29, 1.82) is 0 Å². The number of hydrogen-bond acceptors (Lipinski definition) is 4. The SMILES string of the molecule is Cc1[nH]c2ccccc2c1CCNC(=O)c1ccc(Cl)c(N([O-])O)c1. The van der Waals surface area contributed by atoms with E-state index in [1.54, 1.807) is 0 Å². The second-order valence-electron chi connectivity index (χ2n) is 5.72. The van der Waals surface area contributed by atoms with Gasteiger partial charge < -0.3 is 20.7 Å². The van der Waals surface area contributed by atoms with E-state index in [1.807, 2.05) is 31.2 Å². The van der Waals surface area contributed by atoms with Crippen LogP contribution >= 0.6 is 11.6 Å². The van der Waals surface area contributed by atoms with Crippen LogP contribution in [0.2, 0.25) is 5.02 Å². The van der Waals surface area contributed by atoms with Gasteiger partial charge in [-0.1, -0.05) is 29.8 Å². The summed E-state index contributed by atoms with van der Waals surface area (Å²) in [4.78, 5) is 15.6. The molecule has 0 fully saturated rings. The minimum Gasteiger partial charge on any atom is -0.733 e. The predicted octanol–water partition coefficient (Wildman–Crippen LogP) is 3.80. The van der Waals surface area contributed by atoms with Crippen molar-refractivity contribution in [3.63, 3.8) is 0 Å². The molecule has 25 heavy (non-hydrogen) atoms. The first-order chi connectivity index (χ1) is 12.0. The largest absolute Gasteiger partial charge is 0.733 e. The molecule has 2 aromatic carbocycles. The zero-order valence-corrected chi connectivity index (χ0v) is 14.3. The molecule has 0 bridgehead atoms. The summed E-state index contributed by atoms with van der Waals surface area (Å²) in [6.07, 6.45) is 0.676. The number of halogens is 1. The highest BCUT2D eigenvalue weighted by molar-refractivity contribution is 6.33. The molecule has 3 rings (SSSR count). The molecule has 0 aliphatic rings. The van der Waals surface area contributed by atoms with Crippen molar-refractivity contribution in [2.45, 2.75) is 13.3 Å². The predicted molar refractivity (Wildman–Crippen MR) is 98.2 cm³/mol. The van der Waals surface area contributed by atoms with Crippen LogP contribution in [0.5, 0.6) is 0 Å². The van der Waals surface area contributed by atoms with Crippen LogP contribution in [0.3, 0.4) is 0 Å². The molecule has 0 aliphatic carbocycles. The number of aryl methyl sites for hydroxylation is 1. The second-order valence-corrected chi connectivity index (χ2v) is 6.13. The van der Waals surface area contributed by atoms with Crippen molar-refractivity contribution in [2.75, 3.05) is 11.8 Å². The van der Waals surface area contributed by atoms with Crippen molar-refractivity contribution < 1.29 is 10.0 Å². The van der Waals surface area contributed by atoms with Crippen LogP contribution < -0.4 is 10.5 Å². The Labute approximate surface area is 149 Å². The summed E-state index contributed by atoms with van der Waals surface area (Å²) in [5.41, 5.74) is 3.40. The minimum absolute atomic E-state index is 0.0727. The van der Waals surface area contributed by atoms with E-state index >= 15 is 0 Å². The Hall–Kier alpha value is -2.54. The van der Waals surface area contributed by atoms with Crippen molar-refractivity contribution in [3.05, 3.63) is 69.5 Å². The smallest absolute Gasteiger partial charge is 0.251 e. The maximum Gasteiger partial charge on any atom is 0.251 e. The third-order valence-electron chi connectivity index (χ3n) is 4.10. The first-order valence-electron chi connectivity index (χ1n) is 7.77. The number of amides is 1. The topological polar surface area (TPSA) is 91.4 Å². The van der Waals surface area contributed by atoms with Crippen LogP contribution in [0, 0.1) is 12.1 Å². The highest BCUT2D eigenvalue weighted by Crippen LogP contribution is 2.25. The molecule has 0 aliphatic heterocycles. The lowest BCUT2D eigenvalue weighted by Crippen LogP contribution is -2.26. The molecule has 130 valence electrons. The van der Waals surface area contributed by atoms with Crippen molar-refractivity contribution in [3.8, 4) is 0 Å². The summed E-state index contributed by atoms with van der Waals surface area (Å²) < 4.78 is 0. The van der Waals surface area contributed by atoms with Gasteiger partial charge in [-0.25, -0.2) is 0 Å². The lowest BCUT2D eigenvalue weighted by molar-refractivity contribution is 0.0954. The fourth-order valence-corrected chi connectivity index (χ4v) is 3.05. The van der Waals surface area contributed by atoms with Gasteiger partial charge in [-0.15, -0.1) is 0 Å². The zero-order valence-electron chi connectivity index (χ0n) is 13.5. The molecule has 1 heterocycles. The van der Waals surface area contributed by atoms with Gasteiger partial charge in [0.1, 0.15) is 0 Å². The number of aromatic amines is 1. The number of nitrogens with one attached hydrogen (secondary N) is 2. The highest BCUT2D eigenvalue weighted by Gasteiger charge is 2.11. The number of anilines is 1. The maximum absolute atomic E-state index is 12.2. The van der Waals surface area contributed by atoms with E-state index in [0.717, 1.165) is 22.2 Å². The molecule has 0 radical (unpaired) electrons. The lowest BCUT2D eigenvalue weighted by atomic mass is 10.1. The van der Waals surface area contributed by atoms with Gasteiger partial charge in [0.15, 0.2) is 0 Å².